The zero-order valence-corrected chi connectivity index (χ0v) is 17.5. The van der Waals surface area contributed by atoms with E-state index < -0.39 is 17.7 Å². The molecule has 1 aliphatic rings. The maximum Gasteiger partial charge on any atom is 0.301 e. The maximum absolute atomic E-state index is 13.0. The normalized spacial score (nSPS) is 18.1. The number of aromatic nitrogens is 1. The molecule has 0 saturated carbocycles. The quantitative estimate of drug-likeness (QED) is 0.349. The third-order valence-corrected chi connectivity index (χ3v) is 5.72. The van der Waals surface area contributed by atoms with E-state index in [2.05, 4.69) is 4.98 Å². The number of thiazole rings is 1. The number of ketones is 1. The Balaban J connectivity index is 1.86. The summed E-state index contributed by atoms with van der Waals surface area (Å²) in [6, 6.07) is 12.7. The number of hydrogen-bond donors (Lipinski definition) is 1. The van der Waals surface area contributed by atoms with Crippen molar-refractivity contribution in [3.8, 4) is 5.75 Å². The van der Waals surface area contributed by atoms with Gasteiger partial charge in [0, 0.05) is 22.2 Å². The Kier molecular flexibility index (Phi) is 5.57. The molecule has 1 fully saturated rings. The summed E-state index contributed by atoms with van der Waals surface area (Å²) in [6.07, 6.45) is 1.56. The first kappa shape index (κ1) is 20.1. The molecular weight excluding hydrogens is 424 g/mol. The van der Waals surface area contributed by atoms with Gasteiger partial charge in [-0.3, -0.25) is 14.5 Å². The van der Waals surface area contributed by atoms with Crippen LogP contribution in [0.15, 0.2) is 65.7 Å². The molecule has 0 unspecified atom stereocenters. The van der Waals surface area contributed by atoms with Gasteiger partial charge < -0.3 is 9.84 Å². The number of amides is 1. The summed E-state index contributed by atoms with van der Waals surface area (Å²) in [5.74, 6) is -1.11. The van der Waals surface area contributed by atoms with Gasteiger partial charge in [-0.15, -0.1) is 11.3 Å². The van der Waals surface area contributed by atoms with Gasteiger partial charge in [-0.1, -0.05) is 23.7 Å². The van der Waals surface area contributed by atoms with E-state index in [0.29, 0.717) is 33.6 Å². The van der Waals surface area contributed by atoms with Crippen molar-refractivity contribution in [2.75, 3.05) is 11.5 Å². The van der Waals surface area contributed by atoms with Crippen LogP contribution < -0.4 is 9.64 Å². The van der Waals surface area contributed by atoms with Crippen LogP contribution in [0.4, 0.5) is 5.13 Å². The van der Waals surface area contributed by atoms with Crippen molar-refractivity contribution in [2.45, 2.75) is 13.0 Å². The first-order chi connectivity index (χ1) is 14.5. The number of hydrogen-bond acceptors (Lipinski definition) is 6. The number of anilines is 1. The largest absolute Gasteiger partial charge is 0.507 e. The van der Waals surface area contributed by atoms with Crippen molar-refractivity contribution in [3.63, 3.8) is 0 Å². The fraction of sp³-hybridized carbons (Fsp3) is 0.136. The number of ether oxygens (including phenoxy) is 1. The third kappa shape index (κ3) is 3.58. The van der Waals surface area contributed by atoms with E-state index in [4.69, 9.17) is 16.3 Å². The molecule has 0 spiro atoms. The fourth-order valence-corrected chi connectivity index (χ4v) is 4.15. The summed E-state index contributed by atoms with van der Waals surface area (Å²) in [6.45, 7) is 2.39. The number of nitrogens with zero attached hydrogens (tertiary/aromatic N) is 2. The van der Waals surface area contributed by atoms with Crippen LogP contribution in [-0.4, -0.2) is 28.4 Å². The summed E-state index contributed by atoms with van der Waals surface area (Å²) in [4.78, 5) is 31.4. The first-order valence-electron chi connectivity index (χ1n) is 9.20. The monoisotopic (exact) mass is 440 g/mol. The van der Waals surface area contributed by atoms with Crippen LogP contribution in [0, 0.1) is 0 Å². The van der Waals surface area contributed by atoms with Crippen LogP contribution in [0.2, 0.25) is 5.02 Å². The molecule has 6 nitrogen and oxygen atoms in total. The molecule has 0 bridgehead atoms. The Morgan fingerprint density at radius 3 is 2.47 bits per heavy atom. The molecule has 1 saturated heterocycles. The van der Waals surface area contributed by atoms with Crippen molar-refractivity contribution in [2.24, 2.45) is 0 Å². The summed E-state index contributed by atoms with van der Waals surface area (Å²) in [5.41, 5.74) is 1.05. The molecule has 1 atom stereocenters. The Labute approximate surface area is 182 Å². The maximum atomic E-state index is 13.0. The Morgan fingerprint density at radius 1 is 1.17 bits per heavy atom. The first-order valence-corrected chi connectivity index (χ1v) is 10.5. The lowest BCUT2D eigenvalue weighted by atomic mass is 9.95. The van der Waals surface area contributed by atoms with E-state index in [0.717, 1.165) is 0 Å². The Morgan fingerprint density at radius 2 is 1.87 bits per heavy atom. The van der Waals surface area contributed by atoms with E-state index in [-0.39, 0.29) is 11.3 Å². The average Bonchev–Trinajstić information content (AvgIpc) is 3.36. The van der Waals surface area contributed by atoms with Gasteiger partial charge in [0.25, 0.3) is 5.78 Å². The molecule has 152 valence electrons. The predicted molar refractivity (Wildman–Crippen MR) is 116 cm³/mol. The van der Waals surface area contributed by atoms with Crippen LogP contribution in [-0.2, 0) is 9.59 Å². The minimum absolute atomic E-state index is 0.00156. The molecule has 2 aromatic carbocycles. The average molecular weight is 441 g/mol. The highest BCUT2D eigenvalue weighted by Crippen LogP contribution is 2.42. The molecule has 3 aromatic rings. The van der Waals surface area contributed by atoms with Gasteiger partial charge in [0.15, 0.2) is 5.13 Å². The Bertz CT molecular complexity index is 1110. The molecule has 2 heterocycles. The van der Waals surface area contributed by atoms with Gasteiger partial charge in [-0.25, -0.2) is 4.98 Å². The van der Waals surface area contributed by atoms with E-state index >= 15 is 0 Å². The molecule has 1 N–H and O–H groups in total. The number of aliphatic hydroxyl groups is 1. The van der Waals surface area contributed by atoms with Crippen LogP contribution in [0.3, 0.4) is 0 Å². The van der Waals surface area contributed by atoms with Crippen molar-refractivity contribution in [1.29, 1.82) is 0 Å². The van der Waals surface area contributed by atoms with Crippen LogP contribution in [0.25, 0.3) is 5.76 Å². The number of Topliss-reactive ketones (excluding diaryl/α,β-unsaturated/α-hetero) is 1. The molecule has 4 rings (SSSR count). The number of halogens is 1. The van der Waals surface area contributed by atoms with Gasteiger partial charge in [0.05, 0.1) is 18.2 Å². The minimum atomic E-state index is -0.819. The van der Waals surface area contributed by atoms with E-state index in [9.17, 15) is 14.7 Å². The summed E-state index contributed by atoms with van der Waals surface area (Å²) < 4.78 is 5.43. The number of carbonyl (C=O) groups excluding carboxylic acids is 2. The van der Waals surface area contributed by atoms with Gasteiger partial charge >= 0.3 is 5.91 Å². The highest BCUT2D eigenvalue weighted by Gasteiger charge is 2.47. The highest BCUT2D eigenvalue weighted by molar-refractivity contribution is 7.14. The minimum Gasteiger partial charge on any atom is -0.507 e. The summed E-state index contributed by atoms with van der Waals surface area (Å²) >= 11 is 7.26. The van der Waals surface area contributed by atoms with Crippen molar-refractivity contribution >= 4 is 45.5 Å². The lowest BCUT2D eigenvalue weighted by Gasteiger charge is -2.23. The van der Waals surface area contributed by atoms with E-state index in [1.165, 1.54) is 16.2 Å². The van der Waals surface area contributed by atoms with Crippen LogP contribution in [0.1, 0.15) is 24.1 Å². The van der Waals surface area contributed by atoms with Crippen LogP contribution >= 0.6 is 22.9 Å². The van der Waals surface area contributed by atoms with Gasteiger partial charge in [-0.2, -0.15) is 0 Å². The highest BCUT2D eigenvalue weighted by atomic mass is 35.5. The second kappa shape index (κ2) is 8.30. The van der Waals surface area contributed by atoms with Gasteiger partial charge in [0.1, 0.15) is 11.5 Å². The Hall–Kier alpha value is -3.16. The zero-order valence-electron chi connectivity index (χ0n) is 15.9. The van der Waals surface area contributed by atoms with Crippen molar-refractivity contribution < 1.29 is 19.4 Å². The van der Waals surface area contributed by atoms with Crippen molar-refractivity contribution in [1.82, 2.24) is 4.98 Å². The number of rotatable bonds is 5. The predicted octanol–water partition coefficient (Wildman–Crippen LogP) is 4.82. The summed E-state index contributed by atoms with van der Waals surface area (Å²) in [5, 5.41) is 13.7. The van der Waals surface area contributed by atoms with Gasteiger partial charge in [0.2, 0.25) is 0 Å². The fourth-order valence-electron chi connectivity index (χ4n) is 3.36. The smallest absolute Gasteiger partial charge is 0.301 e. The van der Waals surface area contributed by atoms with Gasteiger partial charge in [-0.05, 0) is 48.9 Å². The topological polar surface area (TPSA) is 79.7 Å². The standard InChI is InChI=1S/C22H17ClN2O4S/c1-2-29-16-9-5-14(6-10-16)19(26)17-18(13-3-7-15(23)8-4-13)25(21(28)20(17)27)22-24-11-12-30-22/h3-12,18,26H,2H2,1H3/t18-/m1/s1. The molecule has 8 heteroatoms. The zero-order chi connectivity index (χ0) is 21.3. The lowest BCUT2D eigenvalue weighted by molar-refractivity contribution is -0.132. The molecular formula is C22H17ClN2O4S. The number of aliphatic hydroxyl groups excluding tert-OH is 1. The molecule has 30 heavy (non-hydrogen) atoms. The molecule has 0 aliphatic carbocycles. The third-order valence-electron chi connectivity index (χ3n) is 4.69. The molecule has 1 aliphatic heterocycles. The molecule has 1 amide bonds. The number of benzene rings is 2. The second-order valence-electron chi connectivity index (χ2n) is 6.49. The van der Waals surface area contributed by atoms with E-state index in [1.54, 1.807) is 60.1 Å². The SMILES string of the molecule is CCOc1ccc(C(O)=C2C(=O)C(=O)N(c3nccs3)[C@@H]2c2ccc(Cl)cc2)cc1. The van der Waals surface area contributed by atoms with Crippen molar-refractivity contribution in [3.05, 3.63) is 81.8 Å². The molecule has 1 aromatic heterocycles. The lowest BCUT2D eigenvalue weighted by Crippen LogP contribution is -2.29. The van der Waals surface area contributed by atoms with Crippen LogP contribution in [0.5, 0.6) is 5.75 Å². The summed E-state index contributed by atoms with van der Waals surface area (Å²) in [7, 11) is 0. The molecule has 0 radical (unpaired) electrons. The number of carbonyl (C=O) groups is 2. The van der Waals surface area contributed by atoms with E-state index in [1.807, 2.05) is 6.92 Å². The second-order valence-corrected chi connectivity index (χ2v) is 7.80.